The quantitative estimate of drug-likeness (QED) is 0.648. The minimum atomic E-state index is -0.267. The van der Waals surface area contributed by atoms with Crippen LogP contribution in [0.25, 0.3) is 0 Å². The van der Waals surface area contributed by atoms with Crippen molar-refractivity contribution in [3.05, 3.63) is 34.1 Å². The summed E-state index contributed by atoms with van der Waals surface area (Å²) in [6, 6.07) is 4.78. The lowest BCUT2D eigenvalue weighted by atomic mass is 10.1. The van der Waals surface area contributed by atoms with Gasteiger partial charge in [0.15, 0.2) is 5.96 Å². The molecule has 0 aliphatic carbocycles. The van der Waals surface area contributed by atoms with E-state index in [1.54, 1.807) is 12.1 Å². The zero-order chi connectivity index (χ0) is 13.5. The number of halogens is 2. The number of benzene rings is 1. The second-order valence-corrected chi connectivity index (χ2v) is 5.46. The first-order chi connectivity index (χ1) is 8.49. The van der Waals surface area contributed by atoms with Gasteiger partial charge in [-0.2, -0.15) is 0 Å². The van der Waals surface area contributed by atoms with Gasteiger partial charge in [0.05, 0.1) is 6.54 Å². The van der Waals surface area contributed by atoms with Crippen LogP contribution in [-0.4, -0.2) is 12.5 Å². The van der Waals surface area contributed by atoms with E-state index in [0.717, 1.165) is 17.4 Å². The minimum absolute atomic E-state index is 0.242. The summed E-state index contributed by atoms with van der Waals surface area (Å²) < 4.78 is 14.3. The SMILES string of the molecule is CC(C)CCNC(N)=NCc1cc(Br)ccc1F. The lowest BCUT2D eigenvalue weighted by Crippen LogP contribution is -2.32. The first-order valence-electron chi connectivity index (χ1n) is 5.96. The molecular weight excluding hydrogens is 297 g/mol. The zero-order valence-corrected chi connectivity index (χ0v) is 12.3. The number of nitrogens with one attached hydrogen (secondary N) is 1. The Balaban J connectivity index is 2.49. The van der Waals surface area contributed by atoms with E-state index < -0.39 is 0 Å². The number of nitrogens with zero attached hydrogens (tertiary/aromatic N) is 1. The van der Waals surface area contributed by atoms with Gasteiger partial charge in [-0.05, 0) is 30.5 Å². The van der Waals surface area contributed by atoms with E-state index in [2.05, 4.69) is 40.1 Å². The van der Waals surface area contributed by atoms with Crippen LogP contribution in [0.15, 0.2) is 27.7 Å². The summed E-state index contributed by atoms with van der Waals surface area (Å²) in [6.07, 6.45) is 1.03. The molecule has 0 aliphatic heterocycles. The fourth-order valence-electron chi connectivity index (χ4n) is 1.38. The highest BCUT2D eigenvalue weighted by atomic mass is 79.9. The van der Waals surface area contributed by atoms with E-state index in [-0.39, 0.29) is 12.4 Å². The smallest absolute Gasteiger partial charge is 0.188 e. The molecular formula is C13H19BrFN3. The lowest BCUT2D eigenvalue weighted by Gasteiger charge is -2.07. The summed E-state index contributed by atoms with van der Waals surface area (Å²) in [5.41, 5.74) is 6.23. The van der Waals surface area contributed by atoms with E-state index in [1.165, 1.54) is 6.07 Å². The Morgan fingerprint density at radius 2 is 2.22 bits per heavy atom. The molecule has 0 saturated carbocycles. The van der Waals surface area contributed by atoms with Gasteiger partial charge >= 0.3 is 0 Å². The van der Waals surface area contributed by atoms with Crippen LogP contribution in [0.4, 0.5) is 4.39 Å². The predicted octanol–water partition coefficient (Wildman–Crippen LogP) is 3.04. The average Bonchev–Trinajstić information content (AvgIpc) is 2.30. The van der Waals surface area contributed by atoms with E-state index in [4.69, 9.17) is 5.73 Å². The average molecular weight is 316 g/mol. The maximum Gasteiger partial charge on any atom is 0.188 e. The predicted molar refractivity (Wildman–Crippen MR) is 76.9 cm³/mol. The number of hydrogen-bond donors (Lipinski definition) is 2. The molecule has 0 amide bonds. The highest BCUT2D eigenvalue weighted by molar-refractivity contribution is 9.10. The third kappa shape index (κ3) is 5.49. The molecule has 0 atom stereocenters. The van der Waals surface area contributed by atoms with Crippen LogP contribution in [-0.2, 0) is 6.54 Å². The second-order valence-electron chi connectivity index (χ2n) is 4.55. The highest BCUT2D eigenvalue weighted by Gasteiger charge is 2.02. The molecule has 100 valence electrons. The largest absolute Gasteiger partial charge is 0.370 e. The molecule has 0 aromatic heterocycles. The van der Waals surface area contributed by atoms with Gasteiger partial charge < -0.3 is 11.1 Å². The molecule has 3 N–H and O–H groups in total. The Morgan fingerprint density at radius 3 is 2.89 bits per heavy atom. The van der Waals surface area contributed by atoms with E-state index >= 15 is 0 Å². The summed E-state index contributed by atoms with van der Waals surface area (Å²) in [5, 5.41) is 3.01. The summed E-state index contributed by atoms with van der Waals surface area (Å²) in [7, 11) is 0. The van der Waals surface area contributed by atoms with Gasteiger partial charge in [0.1, 0.15) is 5.82 Å². The van der Waals surface area contributed by atoms with Crippen molar-refractivity contribution >= 4 is 21.9 Å². The van der Waals surface area contributed by atoms with E-state index in [1.807, 2.05) is 0 Å². The van der Waals surface area contributed by atoms with Gasteiger partial charge in [-0.1, -0.05) is 29.8 Å². The molecule has 0 bridgehead atoms. The van der Waals surface area contributed by atoms with Crippen LogP contribution in [0.2, 0.25) is 0 Å². The molecule has 0 unspecified atom stereocenters. The van der Waals surface area contributed by atoms with Crippen molar-refractivity contribution in [3.63, 3.8) is 0 Å². The number of hydrogen-bond acceptors (Lipinski definition) is 1. The van der Waals surface area contributed by atoms with Crippen molar-refractivity contribution in [3.8, 4) is 0 Å². The van der Waals surface area contributed by atoms with Crippen LogP contribution in [0.3, 0.4) is 0 Å². The molecule has 18 heavy (non-hydrogen) atoms. The third-order valence-corrected chi connectivity index (χ3v) is 2.95. The Morgan fingerprint density at radius 1 is 1.50 bits per heavy atom. The number of guanidine groups is 1. The van der Waals surface area contributed by atoms with Gasteiger partial charge in [0.2, 0.25) is 0 Å². The molecule has 1 aromatic rings. The Bertz CT molecular complexity index is 419. The Kier molecular flexibility index (Phi) is 6.12. The van der Waals surface area contributed by atoms with Crippen LogP contribution < -0.4 is 11.1 Å². The first kappa shape index (κ1) is 15.0. The fourth-order valence-corrected chi connectivity index (χ4v) is 1.79. The molecule has 5 heteroatoms. The van der Waals surface area contributed by atoms with Crippen molar-refractivity contribution < 1.29 is 4.39 Å². The summed E-state index contributed by atoms with van der Waals surface area (Å²) in [6.45, 7) is 5.32. The van der Waals surface area contributed by atoms with Crippen molar-refractivity contribution in [1.82, 2.24) is 5.32 Å². The van der Waals surface area contributed by atoms with Crippen LogP contribution in [0, 0.1) is 11.7 Å². The van der Waals surface area contributed by atoms with Crippen molar-refractivity contribution in [2.45, 2.75) is 26.8 Å². The monoisotopic (exact) mass is 315 g/mol. The molecule has 0 heterocycles. The third-order valence-electron chi connectivity index (χ3n) is 2.46. The maximum absolute atomic E-state index is 13.4. The Labute approximate surface area is 116 Å². The summed E-state index contributed by atoms with van der Waals surface area (Å²) in [4.78, 5) is 4.12. The lowest BCUT2D eigenvalue weighted by molar-refractivity contribution is 0.576. The van der Waals surface area contributed by atoms with Gasteiger partial charge in [0.25, 0.3) is 0 Å². The summed E-state index contributed by atoms with van der Waals surface area (Å²) in [5.74, 6) is 0.708. The first-order valence-corrected chi connectivity index (χ1v) is 6.76. The van der Waals surface area contributed by atoms with Crippen molar-refractivity contribution in [1.29, 1.82) is 0 Å². The fraction of sp³-hybridized carbons (Fsp3) is 0.462. The number of nitrogens with two attached hydrogens (primary N) is 1. The molecule has 1 aromatic carbocycles. The van der Waals surface area contributed by atoms with Crippen LogP contribution in [0.1, 0.15) is 25.8 Å². The van der Waals surface area contributed by atoms with Gasteiger partial charge in [-0.25, -0.2) is 9.38 Å². The molecule has 0 spiro atoms. The molecule has 0 saturated heterocycles. The normalized spacial score (nSPS) is 11.9. The molecule has 3 nitrogen and oxygen atoms in total. The molecule has 0 fully saturated rings. The van der Waals surface area contributed by atoms with Gasteiger partial charge in [0, 0.05) is 16.6 Å². The zero-order valence-electron chi connectivity index (χ0n) is 10.7. The second kappa shape index (κ2) is 7.36. The van der Waals surface area contributed by atoms with Crippen molar-refractivity contribution in [2.24, 2.45) is 16.6 Å². The standard InChI is InChI=1S/C13H19BrFN3/c1-9(2)5-6-17-13(16)18-8-10-7-11(14)3-4-12(10)15/h3-4,7,9H,5-6,8H2,1-2H3,(H3,16,17,18). The molecule has 0 radical (unpaired) electrons. The number of rotatable bonds is 5. The van der Waals surface area contributed by atoms with Crippen molar-refractivity contribution in [2.75, 3.05) is 6.54 Å². The highest BCUT2D eigenvalue weighted by Crippen LogP contribution is 2.16. The van der Waals surface area contributed by atoms with E-state index in [9.17, 15) is 4.39 Å². The van der Waals surface area contributed by atoms with Crippen LogP contribution >= 0.6 is 15.9 Å². The van der Waals surface area contributed by atoms with E-state index in [0.29, 0.717) is 17.4 Å². The molecule has 1 rings (SSSR count). The maximum atomic E-state index is 13.4. The van der Waals surface area contributed by atoms with Crippen LogP contribution in [0.5, 0.6) is 0 Å². The van der Waals surface area contributed by atoms with Gasteiger partial charge in [-0.15, -0.1) is 0 Å². The topological polar surface area (TPSA) is 50.4 Å². The van der Waals surface area contributed by atoms with Gasteiger partial charge in [-0.3, -0.25) is 0 Å². The molecule has 0 aliphatic rings. The Hall–Kier alpha value is -1.10. The minimum Gasteiger partial charge on any atom is -0.370 e. The number of aliphatic imine (C=N–C) groups is 1. The summed E-state index contributed by atoms with van der Waals surface area (Å²) >= 11 is 3.30.